The number of likely N-dealkylation sites (N-methyl/N-ethyl adjacent to an activating group) is 1. The Balaban J connectivity index is 2.40. The average Bonchev–Trinajstić information content (AvgIpc) is 2.69. The molecule has 0 aliphatic carbocycles. The molecule has 2 aromatic carbocycles. The molecule has 0 aromatic heterocycles. The highest BCUT2D eigenvalue weighted by atomic mass is 35.5. The number of amides is 2. The topological polar surface area (TPSA) is 86.8 Å². The average molecular weight is 452 g/mol. The number of hydrogen-bond acceptors (Lipinski definition) is 4. The SMILES string of the molecule is CNC(=O)[C@@H](C)N(Cc1cccc(Cl)c1)C(=O)CN(c1ccccc1C)S(C)(=O)=O. The number of benzene rings is 2. The van der Waals surface area contributed by atoms with Crippen LogP contribution in [0.5, 0.6) is 0 Å². The van der Waals surface area contributed by atoms with Crippen molar-refractivity contribution >= 4 is 39.1 Å². The van der Waals surface area contributed by atoms with Gasteiger partial charge in [0.25, 0.3) is 0 Å². The summed E-state index contributed by atoms with van der Waals surface area (Å²) in [6, 6.07) is 13.1. The highest BCUT2D eigenvalue weighted by molar-refractivity contribution is 7.92. The monoisotopic (exact) mass is 451 g/mol. The molecule has 0 fully saturated rings. The molecule has 0 bridgehead atoms. The number of halogens is 1. The van der Waals surface area contributed by atoms with Crippen LogP contribution < -0.4 is 9.62 Å². The first-order valence-corrected chi connectivity index (χ1v) is 11.6. The summed E-state index contributed by atoms with van der Waals surface area (Å²) < 4.78 is 26.0. The Bertz CT molecular complexity index is 1030. The van der Waals surface area contributed by atoms with E-state index in [1.807, 2.05) is 0 Å². The molecule has 0 saturated heterocycles. The van der Waals surface area contributed by atoms with E-state index in [1.165, 1.54) is 11.9 Å². The minimum absolute atomic E-state index is 0.110. The van der Waals surface area contributed by atoms with Crippen LogP contribution in [0.2, 0.25) is 5.02 Å². The lowest BCUT2D eigenvalue weighted by molar-refractivity contribution is -0.139. The van der Waals surface area contributed by atoms with Gasteiger partial charge in [0, 0.05) is 18.6 Å². The molecule has 2 amide bonds. The van der Waals surface area contributed by atoms with E-state index >= 15 is 0 Å². The van der Waals surface area contributed by atoms with Gasteiger partial charge in [-0.1, -0.05) is 41.9 Å². The van der Waals surface area contributed by atoms with Crippen LogP contribution in [0.3, 0.4) is 0 Å². The molecule has 0 radical (unpaired) electrons. The van der Waals surface area contributed by atoms with Gasteiger partial charge in [-0.25, -0.2) is 8.42 Å². The Morgan fingerprint density at radius 2 is 1.80 bits per heavy atom. The normalized spacial score (nSPS) is 12.2. The molecule has 9 heteroatoms. The predicted molar refractivity (Wildman–Crippen MR) is 119 cm³/mol. The molecule has 0 heterocycles. The van der Waals surface area contributed by atoms with Crippen LogP contribution in [-0.4, -0.2) is 51.0 Å². The van der Waals surface area contributed by atoms with E-state index in [2.05, 4.69) is 5.32 Å². The van der Waals surface area contributed by atoms with Crippen LogP contribution in [-0.2, 0) is 26.2 Å². The number of nitrogens with zero attached hydrogens (tertiary/aromatic N) is 2. The van der Waals surface area contributed by atoms with Crippen molar-refractivity contribution in [2.24, 2.45) is 0 Å². The summed E-state index contributed by atoms with van der Waals surface area (Å²) in [6.45, 7) is 3.06. The quantitative estimate of drug-likeness (QED) is 0.668. The summed E-state index contributed by atoms with van der Waals surface area (Å²) >= 11 is 6.05. The molecule has 7 nitrogen and oxygen atoms in total. The molecular formula is C21H26ClN3O4S. The second kappa shape index (κ2) is 9.95. The Hall–Kier alpha value is -2.58. The summed E-state index contributed by atoms with van der Waals surface area (Å²) in [5, 5.41) is 3.04. The zero-order chi connectivity index (χ0) is 22.5. The van der Waals surface area contributed by atoms with Gasteiger partial charge in [0.05, 0.1) is 11.9 Å². The Labute approximate surface area is 182 Å². The highest BCUT2D eigenvalue weighted by Gasteiger charge is 2.30. The fraction of sp³-hybridized carbons (Fsp3) is 0.333. The van der Waals surface area contributed by atoms with Crippen molar-refractivity contribution in [3.8, 4) is 0 Å². The van der Waals surface area contributed by atoms with Crippen molar-refractivity contribution < 1.29 is 18.0 Å². The van der Waals surface area contributed by atoms with Crippen molar-refractivity contribution in [3.05, 3.63) is 64.7 Å². The molecule has 162 valence electrons. The Morgan fingerprint density at radius 3 is 2.37 bits per heavy atom. The summed E-state index contributed by atoms with van der Waals surface area (Å²) in [4.78, 5) is 26.8. The van der Waals surface area contributed by atoms with E-state index in [1.54, 1.807) is 62.4 Å². The zero-order valence-electron chi connectivity index (χ0n) is 17.4. The van der Waals surface area contributed by atoms with Crippen molar-refractivity contribution in [1.82, 2.24) is 10.2 Å². The minimum atomic E-state index is -3.74. The van der Waals surface area contributed by atoms with E-state index in [0.717, 1.165) is 21.7 Å². The van der Waals surface area contributed by atoms with Crippen molar-refractivity contribution in [1.29, 1.82) is 0 Å². The maximum absolute atomic E-state index is 13.2. The number of nitrogens with one attached hydrogen (secondary N) is 1. The number of hydrogen-bond donors (Lipinski definition) is 1. The third-order valence-corrected chi connectivity index (χ3v) is 6.08. The first-order valence-electron chi connectivity index (χ1n) is 9.33. The van der Waals surface area contributed by atoms with E-state index in [-0.39, 0.29) is 12.5 Å². The number of carbonyl (C=O) groups excluding carboxylic acids is 2. The summed E-state index contributed by atoms with van der Waals surface area (Å²) in [5.41, 5.74) is 1.87. The van der Waals surface area contributed by atoms with E-state index in [0.29, 0.717) is 10.7 Å². The molecule has 2 aromatic rings. The van der Waals surface area contributed by atoms with Gasteiger partial charge in [-0.15, -0.1) is 0 Å². The number of anilines is 1. The summed E-state index contributed by atoms with van der Waals surface area (Å²) in [7, 11) is -2.25. The van der Waals surface area contributed by atoms with Crippen molar-refractivity contribution in [3.63, 3.8) is 0 Å². The number of sulfonamides is 1. The summed E-state index contributed by atoms with van der Waals surface area (Å²) in [6.07, 6.45) is 1.05. The molecule has 30 heavy (non-hydrogen) atoms. The first kappa shape index (κ1) is 23.7. The smallest absolute Gasteiger partial charge is 0.244 e. The summed E-state index contributed by atoms with van der Waals surface area (Å²) in [5.74, 6) is -0.855. The van der Waals surface area contributed by atoms with Crippen LogP contribution in [0, 0.1) is 6.92 Å². The molecule has 0 spiro atoms. The van der Waals surface area contributed by atoms with Crippen molar-refractivity contribution in [2.45, 2.75) is 26.4 Å². The molecule has 1 N–H and O–H groups in total. The van der Waals surface area contributed by atoms with E-state index in [9.17, 15) is 18.0 Å². The number of carbonyl (C=O) groups is 2. The van der Waals surface area contributed by atoms with E-state index < -0.39 is 28.5 Å². The minimum Gasteiger partial charge on any atom is -0.357 e. The lowest BCUT2D eigenvalue weighted by atomic mass is 10.1. The lowest BCUT2D eigenvalue weighted by Gasteiger charge is -2.31. The molecule has 0 saturated carbocycles. The fourth-order valence-electron chi connectivity index (χ4n) is 3.06. The van der Waals surface area contributed by atoms with Gasteiger partial charge in [0.15, 0.2) is 0 Å². The third-order valence-electron chi connectivity index (χ3n) is 4.72. The van der Waals surface area contributed by atoms with Crippen LogP contribution in [0.1, 0.15) is 18.1 Å². The van der Waals surface area contributed by atoms with E-state index in [4.69, 9.17) is 11.6 Å². The molecule has 0 aliphatic rings. The van der Waals surface area contributed by atoms with Crippen LogP contribution in [0.25, 0.3) is 0 Å². The van der Waals surface area contributed by atoms with Crippen LogP contribution in [0.4, 0.5) is 5.69 Å². The molecule has 0 aliphatic heterocycles. The van der Waals surface area contributed by atoms with Gasteiger partial charge in [0.2, 0.25) is 21.8 Å². The van der Waals surface area contributed by atoms with Gasteiger partial charge < -0.3 is 10.2 Å². The first-order chi connectivity index (χ1) is 14.0. The largest absolute Gasteiger partial charge is 0.357 e. The third kappa shape index (κ3) is 5.96. The number of para-hydroxylation sites is 1. The highest BCUT2D eigenvalue weighted by Crippen LogP contribution is 2.23. The molecular weight excluding hydrogens is 426 g/mol. The van der Waals surface area contributed by atoms with Crippen molar-refractivity contribution in [2.75, 3.05) is 24.2 Å². The molecule has 1 atom stereocenters. The predicted octanol–water partition coefficient (Wildman–Crippen LogP) is 2.58. The van der Waals surface area contributed by atoms with Crippen LogP contribution in [0.15, 0.2) is 48.5 Å². The molecule has 0 unspecified atom stereocenters. The maximum atomic E-state index is 13.2. The fourth-order valence-corrected chi connectivity index (χ4v) is 4.18. The maximum Gasteiger partial charge on any atom is 0.244 e. The van der Waals surface area contributed by atoms with Gasteiger partial charge in [-0.05, 0) is 43.2 Å². The zero-order valence-corrected chi connectivity index (χ0v) is 19.0. The number of aryl methyl sites for hydroxylation is 1. The van der Waals surface area contributed by atoms with Gasteiger partial charge in [0.1, 0.15) is 12.6 Å². The molecule has 2 rings (SSSR count). The number of rotatable bonds is 8. The van der Waals surface area contributed by atoms with Gasteiger partial charge in [-0.3, -0.25) is 13.9 Å². The second-order valence-corrected chi connectivity index (χ2v) is 9.34. The standard InChI is InChI=1S/C21H26ClN3O4S/c1-15-8-5-6-11-19(15)25(30(4,28)29)14-20(26)24(16(2)21(27)23-3)13-17-9-7-10-18(22)12-17/h5-12,16H,13-14H2,1-4H3,(H,23,27)/t16-/m1/s1. The van der Waals surface area contributed by atoms with Gasteiger partial charge in [-0.2, -0.15) is 0 Å². The van der Waals surface area contributed by atoms with Crippen LogP contribution >= 0.6 is 11.6 Å². The Morgan fingerprint density at radius 1 is 1.13 bits per heavy atom. The Kier molecular flexibility index (Phi) is 7.86. The second-order valence-electron chi connectivity index (χ2n) is 7.00. The van der Waals surface area contributed by atoms with Gasteiger partial charge >= 0.3 is 0 Å². The lowest BCUT2D eigenvalue weighted by Crippen LogP contribution is -2.50.